The lowest BCUT2D eigenvalue weighted by Gasteiger charge is -2.12. The van der Waals surface area contributed by atoms with Crippen LogP contribution in [0, 0.1) is 0 Å². The maximum Gasteiger partial charge on any atom is 0.313 e. The molecule has 0 aliphatic heterocycles. The van der Waals surface area contributed by atoms with Crippen LogP contribution in [0.5, 0.6) is 5.75 Å². The van der Waals surface area contributed by atoms with Crippen molar-refractivity contribution < 1.29 is 14.6 Å². The lowest BCUT2D eigenvalue weighted by molar-refractivity contribution is -0.145. The van der Waals surface area contributed by atoms with Crippen LogP contribution < -0.4 is 0 Å². The molecule has 0 saturated heterocycles. The van der Waals surface area contributed by atoms with Crippen LogP contribution in [-0.2, 0) is 9.53 Å². The second-order valence-corrected chi connectivity index (χ2v) is 3.45. The van der Waals surface area contributed by atoms with Gasteiger partial charge in [0.1, 0.15) is 5.75 Å². The van der Waals surface area contributed by atoms with Crippen molar-refractivity contribution in [3.8, 4) is 5.75 Å². The van der Waals surface area contributed by atoms with E-state index in [-0.39, 0.29) is 11.7 Å². The molecule has 0 spiro atoms. The zero-order valence-corrected chi connectivity index (χ0v) is 9.06. The van der Waals surface area contributed by atoms with Crippen LogP contribution in [0.15, 0.2) is 24.3 Å². The SMILES string of the molecule is CCCOC(=O)C(C)c1ccccc1O. The van der Waals surface area contributed by atoms with Gasteiger partial charge in [-0.1, -0.05) is 25.1 Å². The zero-order valence-electron chi connectivity index (χ0n) is 9.06. The van der Waals surface area contributed by atoms with Gasteiger partial charge in [-0.2, -0.15) is 0 Å². The van der Waals surface area contributed by atoms with Crippen molar-refractivity contribution in [3.63, 3.8) is 0 Å². The Morgan fingerprint density at radius 3 is 2.73 bits per heavy atom. The van der Waals surface area contributed by atoms with Gasteiger partial charge in [0, 0.05) is 5.56 Å². The number of carbonyl (C=O) groups excluding carboxylic acids is 1. The number of ether oxygens (including phenoxy) is 1. The molecule has 15 heavy (non-hydrogen) atoms. The van der Waals surface area contributed by atoms with Crippen LogP contribution >= 0.6 is 0 Å². The smallest absolute Gasteiger partial charge is 0.313 e. The Morgan fingerprint density at radius 2 is 2.13 bits per heavy atom. The minimum Gasteiger partial charge on any atom is -0.508 e. The van der Waals surface area contributed by atoms with Gasteiger partial charge in [-0.3, -0.25) is 4.79 Å². The minimum absolute atomic E-state index is 0.137. The molecule has 0 fully saturated rings. The fourth-order valence-corrected chi connectivity index (χ4v) is 1.31. The Labute approximate surface area is 89.7 Å². The van der Waals surface area contributed by atoms with Gasteiger partial charge in [0.15, 0.2) is 0 Å². The first-order valence-electron chi connectivity index (χ1n) is 5.11. The van der Waals surface area contributed by atoms with Gasteiger partial charge in [0.2, 0.25) is 0 Å². The summed E-state index contributed by atoms with van der Waals surface area (Å²) in [6, 6.07) is 6.81. The second-order valence-electron chi connectivity index (χ2n) is 3.45. The van der Waals surface area contributed by atoms with Crippen LogP contribution in [0.25, 0.3) is 0 Å². The number of aromatic hydroxyl groups is 1. The molecule has 1 N–H and O–H groups in total. The third kappa shape index (κ3) is 2.98. The van der Waals surface area contributed by atoms with Crippen molar-refractivity contribution in [1.82, 2.24) is 0 Å². The lowest BCUT2D eigenvalue weighted by atomic mass is 10.0. The highest BCUT2D eigenvalue weighted by atomic mass is 16.5. The van der Waals surface area contributed by atoms with Gasteiger partial charge in [-0.25, -0.2) is 0 Å². The third-order valence-corrected chi connectivity index (χ3v) is 2.21. The fraction of sp³-hybridized carbons (Fsp3) is 0.417. The molecule has 0 amide bonds. The molecule has 3 nitrogen and oxygen atoms in total. The predicted molar refractivity (Wildman–Crippen MR) is 57.8 cm³/mol. The Morgan fingerprint density at radius 1 is 1.47 bits per heavy atom. The first-order valence-corrected chi connectivity index (χ1v) is 5.11. The predicted octanol–water partition coefficient (Wildman–Crippen LogP) is 2.45. The molecule has 0 saturated carbocycles. The largest absolute Gasteiger partial charge is 0.508 e. The van der Waals surface area contributed by atoms with Crippen molar-refractivity contribution in [3.05, 3.63) is 29.8 Å². The van der Waals surface area contributed by atoms with Crippen molar-refractivity contribution in [2.75, 3.05) is 6.61 Å². The van der Waals surface area contributed by atoms with E-state index in [4.69, 9.17) is 4.74 Å². The van der Waals surface area contributed by atoms with Crippen molar-refractivity contribution >= 4 is 5.97 Å². The summed E-state index contributed by atoms with van der Waals surface area (Å²) < 4.78 is 5.01. The number of hydrogen-bond acceptors (Lipinski definition) is 3. The second kappa shape index (κ2) is 5.39. The summed E-state index contributed by atoms with van der Waals surface area (Å²) in [6.45, 7) is 4.10. The van der Waals surface area contributed by atoms with Crippen LogP contribution in [0.1, 0.15) is 31.7 Å². The molecule has 82 valence electrons. The number of rotatable bonds is 4. The Balaban J connectivity index is 2.72. The molecule has 1 rings (SSSR count). The monoisotopic (exact) mass is 208 g/mol. The van der Waals surface area contributed by atoms with Gasteiger partial charge >= 0.3 is 5.97 Å². The average Bonchev–Trinajstić information content (AvgIpc) is 2.25. The normalized spacial score (nSPS) is 12.1. The summed E-state index contributed by atoms with van der Waals surface area (Å²) in [4.78, 5) is 11.5. The molecular formula is C12H16O3. The van der Waals surface area contributed by atoms with E-state index in [2.05, 4.69) is 0 Å². The molecule has 1 unspecified atom stereocenters. The number of hydrogen-bond donors (Lipinski definition) is 1. The number of esters is 1. The molecule has 1 aromatic carbocycles. The van der Waals surface area contributed by atoms with Gasteiger partial charge in [-0.05, 0) is 19.4 Å². The van der Waals surface area contributed by atoms with E-state index >= 15 is 0 Å². The van der Waals surface area contributed by atoms with Crippen molar-refractivity contribution in [1.29, 1.82) is 0 Å². The Hall–Kier alpha value is -1.51. The Bertz CT molecular complexity index is 333. The molecule has 1 aromatic rings. The summed E-state index contributed by atoms with van der Waals surface area (Å²) >= 11 is 0. The van der Waals surface area contributed by atoms with Crippen LogP contribution in [0.2, 0.25) is 0 Å². The highest BCUT2D eigenvalue weighted by molar-refractivity contribution is 5.78. The van der Waals surface area contributed by atoms with Gasteiger partial charge in [-0.15, -0.1) is 0 Å². The average molecular weight is 208 g/mol. The molecule has 3 heteroatoms. The van der Waals surface area contributed by atoms with Gasteiger partial charge in [0.05, 0.1) is 12.5 Å². The van der Waals surface area contributed by atoms with Crippen molar-refractivity contribution in [2.24, 2.45) is 0 Å². The highest BCUT2D eigenvalue weighted by Gasteiger charge is 2.18. The summed E-state index contributed by atoms with van der Waals surface area (Å²) in [5.74, 6) is -0.574. The molecule has 0 aliphatic rings. The van der Waals surface area contributed by atoms with Gasteiger partial charge in [0.25, 0.3) is 0 Å². The van der Waals surface area contributed by atoms with E-state index in [1.165, 1.54) is 0 Å². The summed E-state index contributed by atoms with van der Waals surface area (Å²) in [5.41, 5.74) is 0.610. The van der Waals surface area contributed by atoms with E-state index < -0.39 is 5.92 Å². The molecule has 1 atom stereocenters. The first kappa shape index (κ1) is 11.6. The zero-order chi connectivity index (χ0) is 11.3. The number of benzene rings is 1. The number of phenols is 1. The van der Waals surface area contributed by atoms with E-state index in [0.717, 1.165) is 6.42 Å². The van der Waals surface area contributed by atoms with Crippen LogP contribution in [0.4, 0.5) is 0 Å². The third-order valence-electron chi connectivity index (χ3n) is 2.21. The van der Waals surface area contributed by atoms with Crippen molar-refractivity contribution in [2.45, 2.75) is 26.2 Å². The minimum atomic E-state index is -0.419. The standard InChI is InChI=1S/C12H16O3/c1-3-8-15-12(14)9(2)10-6-4-5-7-11(10)13/h4-7,9,13H,3,8H2,1-2H3. The Kier molecular flexibility index (Phi) is 4.16. The number of phenolic OH excluding ortho intramolecular Hbond substituents is 1. The molecule has 0 radical (unpaired) electrons. The van der Waals surface area contributed by atoms with E-state index in [1.54, 1.807) is 31.2 Å². The van der Waals surface area contributed by atoms with Crippen LogP contribution in [-0.4, -0.2) is 17.7 Å². The highest BCUT2D eigenvalue weighted by Crippen LogP contribution is 2.25. The van der Waals surface area contributed by atoms with E-state index in [9.17, 15) is 9.90 Å². The quantitative estimate of drug-likeness (QED) is 0.773. The summed E-state index contributed by atoms with van der Waals surface area (Å²) in [6.07, 6.45) is 0.805. The lowest BCUT2D eigenvalue weighted by Crippen LogP contribution is -2.13. The topological polar surface area (TPSA) is 46.5 Å². The molecule has 0 aromatic heterocycles. The number of para-hydroxylation sites is 1. The molecular weight excluding hydrogens is 192 g/mol. The first-order chi connectivity index (χ1) is 7.16. The summed E-state index contributed by atoms with van der Waals surface area (Å²) in [7, 11) is 0. The summed E-state index contributed by atoms with van der Waals surface area (Å²) in [5, 5.41) is 9.55. The van der Waals surface area contributed by atoms with E-state index in [0.29, 0.717) is 12.2 Å². The number of carbonyl (C=O) groups is 1. The molecule has 0 aliphatic carbocycles. The maximum atomic E-state index is 11.5. The molecule has 0 bridgehead atoms. The molecule has 0 heterocycles. The van der Waals surface area contributed by atoms with E-state index in [1.807, 2.05) is 6.92 Å². The fourth-order valence-electron chi connectivity index (χ4n) is 1.31. The van der Waals surface area contributed by atoms with Gasteiger partial charge < -0.3 is 9.84 Å². The van der Waals surface area contributed by atoms with Crippen LogP contribution in [0.3, 0.4) is 0 Å². The maximum absolute atomic E-state index is 11.5.